The molecule has 1 aromatic carbocycles. The first-order valence-corrected chi connectivity index (χ1v) is 3.86. The van der Waals surface area contributed by atoms with Crippen LogP contribution in [0.15, 0.2) is 28.7 Å². The van der Waals surface area contributed by atoms with E-state index >= 15 is 0 Å². The molecule has 0 aliphatic rings. The highest BCUT2D eigenvalue weighted by Crippen LogP contribution is 2.10. The topological polar surface area (TPSA) is 29.1 Å². The summed E-state index contributed by atoms with van der Waals surface area (Å²) in [4.78, 5) is 11.0. The van der Waals surface area contributed by atoms with Crippen LogP contribution in [0.1, 0.15) is 10.4 Å². The van der Waals surface area contributed by atoms with Gasteiger partial charge in [0.2, 0.25) is 0 Å². The molecule has 0 unspecified atom stereocenters. The minimum atomic E-state index is -0.175. The molecule has 0 bridgehead atoms. The van der Waals surface area contributed by atoms with Gasteiger partial charge in [0.25, 0.3) is 5.91 Å². The van der Waals surface area contributed by atoms with Crippen LogP contribution in [-0.2, 0) is 0 Å². The van der Waals surface area contributed by atoms with Gasteiger partial charge < -0.3 is 5.32 Å². The van der Waals surface area contributed by atoms with E-state index < -0.39 is 0 Å². The Morgan fingerprint density at radius 2 is 2.27 bits per heavy atom. The van der Waals surface area contributed by atoms with Gasteiger partial charge in [-0.15, -0.1) is 0 Å². The molecular formula is C8H7BrNO. The zero-order valence-corrected chi connectivity index (χ0v) is 7.39. The highest BCUT2D eigenvalue weighted by molar-refractivity contribution is 9.10. The van der Waals surface area contributed by atoms with E-state index in [2.05, 4.69) is 28.3 Å². The first kappa shape index (κ1) is 8.27. The molecule has 0 atom stereocenters. The lowest BCUT2D eigenvalue weighted by Gasteiger charge is -1.98. The summed E-state index contributed by atoms with van der Waals surface area (Å²) >= 11 is 3.26. The molecule has 0 saturated carbocycles. The van der Waals surface area contributed by atoms with E-state index in [1.54, 1.807) is 18.2 Å². The Balaban J connectivity index is 2.96. The van der Waals surface area contributed by atoms with E-state index in [1.807, 2.05) is 6.07 Å². The van der Waals surface area contributed by atoms with Crippen molar-refractivity contribution in [3.63, 3.8) is 0 Å². The standard InChI is InChI=1S/C8H7BrNO/c1-10-8(11)6-3-2-4-7(9)5-6/h2-5H,1H2,(H,10,11). The van der Waals surface area contributed by atoms with E-state index in [-0.39, 0.29) is 5.91 Å². The number of hydrogen-bond acceptors (Lipinski definition) is 1. The molecule has 3 heteroatoms. The Morgan fingerprint density at radius 3 is 2.82 bits per heavy atom. The van der Waals surface area contributed by atoms with E-state index in [0.717, 1.165) is 4.47 Å². The van der Waals surface area contributed by atoms with Crippen LogP contribution >= 0.6 is 15.9 Å². The molecule has 2 nitrogen and oxygen atoms in total. The number of amides is 1. The molecule has 0 spiro atoms. The van der Waals surface area contributed by atoms with Crippen molar-refractivity contribution in [2.24, 2.45) is 0 Å². The van der Waals surface area contributed by atoms with Crippen LogP contribution in [0.4, 0.5) is 0 Å². The molecule has 1 aromatic rings. The largest absolute Gasteiger partial charge is 0.350 e. The highest BCUT2D eigenvalue weighted by atomic mass is 79.9. The van der Waals surface area contributed by atoms with Gasteiger partial charge in [-0.25, -0.2) is 0 Å². The molecule has 0 aromatic heterocycles. The van der Waals surface area contributed by atoms with Gasteiger partial charge in [-0.3, -0.25) is 4.79 Å². The summed E-state index contributed by atoms with van der Waals surface area (Å²) < 4.78 is 0.888. The Hall–Kier alpha value is -0.830. The Kier molecular flexibility index (Phi) is 2.65. The molecule has 1 radical (unpaired) electrons. The van der Waals surface area contributed by atoms with Gasteiger partial charge in [0, 0.05) is 17.1 Å². The Bertz CT molecular complexity index is 273. The van der Waals surface area contributed by atoms with Crippen LogP contribution in [0.2, 0.25) is 0 Å². The molecule has 1 N–H and O–H groups in total. The van der Waals surface area contributed by atoms with Gasteiger partial charge in [-0.1, -0.05) is 22.0 Å². The fourth-order valence-electron chi connectivity index (χ4n) is 0.732. The predicted octanol–water partition coefficient (Wildman–Crippen LogP) is 1.97. The normalized spacial score (nSPS) is 9.27. The quantitative estimate of drug-likeness (QED) is 0.759. The molecule has 0 saturated heterocycles. The molecule has 1 amide bonds. The SMILES string of the molecule is [CH2]NC(=O)c1cccc(Br)c1. The number of hydrogen-bond donors (Lipinski definition) is 1. The smallest absolute Gasteiger partial charge is 0.251 e. The highest BCUT2D eigenvalue weighted by Gasteiger charge is 2.00. The van der Waals surface area contributed by atoms with Crippen LogP contribution in [0.3, 0.4) is 0 Å². The maximum atomic E-state index is 11.0. The predicted molar refractivity (Wildman–Crippen MR) is 47.0 cm³/mol. The minimum absolute atomic E-state index is 0.175. The average molecular weight is 213 g/mol. The molecular weight excluding hydrogens is 206 g/mol. The van der Waals surface area contributed by atoms with Crippen molar-refractivity contribution < 1.29 is 4.79 Å². The molecule has 0 aliphatic heterocycles. The van der Waals surface area contributed by atoms with Crippen molar-refractivity contribution >= 4 is 21.8 Å². The maximum Gasteiger partial charge on any atom is 0.251 e. The van der Waals surface area contributed by atoms with Crippen molar-refractivity contribution in [3.05, 3.63) is 41.3 Å². The van der Waals surface area contributed by atoms with E-state index in [1.165, 1.54) is 0 Å². The Labute approximate surface area is 73.7 Å². The zero-order chi connectivity index (χ0) is 8.27. The first-order chi connectivity index (χ1) is 5.24. The summed E-state index contributed by atoms with van der Waals surface area (Å²) in [6, 6.07) is 7.13. The average Bonchev–Trinajstić information content (AvgIpc) is 2.03. The van der Waals surface area contributed by atoms with Crippen molar-refractivity contribution in [3.8, 4) is 0 Å². The van der Waals surface area contributed by atoms with Crippen LogP contribution in [0, 0.1) is 7.05 Å². The molecule has 57 valence electrons. The number of benzene rings is 1. The van der Waals surface area contributed by atoms with Crippen molar-refractivity contribution in [2.75, 3.05) is 0 Å². The van der Waals surface area contributed by atoms with Crippen LogP contribution in [0.5, 0.6) is 0 Å². The second kappa shape index (κ2) is 3.53. The number of nitrogens with one attached hydrogen (secondary N) is 1. The Morgan fingerprint density at radius 1 is 1.55 bits per heavy atom. The van der Waals surface area contributed by atoms with Crippen molar-refractivity contribution in [2.45, 2.75) is 0 Å². The molecule has 11 heavy (non-hydrogen) atoms. The van der Waals surface area contributed by atoms with Gasteiger partial charge in [-0.2, -0.15) is 0 Å². The fraction of sp³-hybridized carbons (Fsp3) is 0. The third-order valence-corrected chi connectivity index (χ3v) is 1.74. The van der Waals surface area contributed by atoms with E-state index in [0.29, 0.717) is 5.56 Å². The number of rotatable bonds is 1. The monoisotopic (exact) mass is 212 g/mol. The van der Waals surface area contributed by atoms with E-state index in [4.69, 9.17) is 0 Å². The second-order valence-electron chi connectivity index (χ2n) is 2.02. The van der Waals surface area contributed by atoms with Crippen molar-refractivity contribution in [1.82, 2.24) is 5.32 Å². The van der Waals surface area contributed by atoms with Gasteiger partial charge in [0.1, 0.15) is 0 Å². The summed E-state index contributed by atoms with van der Waals surface area (Å²) in [5, 5.41) is 2.30. The van der Waals surface area contributed by atoms with Gasteiger partial charge >= 0.3 is 0 Å². The molecule has 0 aliphatic carbocycles. The summed E-state index contributed by atoms with van der Waals surface area (Å²) in [7, 11) is 3.28. The number of halogens is 1. The lowest BCUT2D eigenvalue weighted by Crippen LogP contribution is -2.15. The third kappa shape index (κ3) is 2.05. The lowest BCUT2D eigenvalue weighted by molar-refractivity contribution is 0.0969. The fourth-order valence-corrected chi connectivity index (χ4v) is 1.13. The van der Waals surface area contributed by atoms with Crippen LogP contribution in [-0.4, -0.2) is 5.91 Å². The summed E-state index contributed by atoms with van der Waals surface area (Å²) in [5.74, 6) is -0.175. The van der Waals surface area contributed by atoms with Gasteiger partial charge in [0.15, 0.2) is 0 Å². The summed E-state index contributed by atoms with van der Waals surface area (Å²) in [6.07, 6.45) is 0. The third-order valence-electron chi connectivity index (χ3n) is 1.25. The van der Waals surface area contributed by atoms with Gasteiger partial charge in [-0.05, 0) is 18.2 Å². The minimum Gasteiger partial charge on any atom is -0.350 e. The van der Waals surface area contributed by atoms with Crippen LogP contribution < -0.4 is 5.32 Å². The zero-order valence-electron chi connectivity index (χ0n) is 5.80. The maximum absolute atomic E-state index is 11.0. The molecule has 0 fully saturated rings. The first-order valence-electron chi connectivity index (χ1n) is 3.07. The summed E-state index contributed by atoms with van der Waals surface area (Å²) in [6.45, 7) is 0. The lowest BCUT2D eigenvalue weighted by atomic mass is 10.2. The van der Waals surface area contributed by atoms with Gasteiger partial charge in [0.05, 0.1) is 0 Å². The number of carbonyl (C=O) groups excluding carboxylic acids is 1. The second-order valence-corrected chi connectivity index (χ2v) is 2.93. The van der Waals surface area contributed by atoms with E-state index in [9.17, 15) is 4.79 Å². The molecule has 1 rings (SSSR count). The number of carbonyl (C=O) groups is 1. The summed E-state index contributed by atoms with van der Waals surface area (Å²) in [5.41, 5.74) is 0.606. The van der Waals surface area contributed by atoms with Crippen LogP contribution in [0.25, 0.3) is 0 Å². The molecule has 0 heterocycles. The van der Waals surface area contributed by atoms with Crippen molar-refractivity contribution in [1.29, 1.82) is 0 Å².